The van der Waals surface area contributed by atoms with Crippen molar-refractivity contribution in [2.24, 2.45) is 5.92 Å². The number of piperidine rings is 1. The number of ether oxygens (including phenoxy) is 1. The van der Waals surface area contributed by atoms with E-state index in [2.05, 4.69) is 15.9 Å². The van der Waals surface area contributed by atoms with Crippen molar-refractivity contribution in [2.75, 3.05) is 25.5 Å². The van der Waals surface area contributed by atoms with Gasteiger partial charge in [0.2, 0.25) is 0 Å². The lowest BCUT2D eigenvalue weighted by Gasteiger charge is -2.31. The lowest BCUT2D eigenvalue weighted by Crippen LogP contribution is -2.40. The van der Waals surface area contributed by atoms with Crippen LogP contribution >= 0.6 is 27.3 Å². The molecule has 1 aromatic rings. The van der Waals surface area contributed by atoms with Gasteiger partial charge in [-0.2, -0.15) is 0 Å². The molecule has 17 heavy (non-hydrogen) atoms. The molecule has 1 saturated heterocycles. The summed E-state index contributed by atoms with van der Waals surface area (Å²) >= 11 is 4.96. The van der Waals surface area contributed by atoms with Crippen LogP contribution in [0, 0.1) is 5.92 Å². The van der Waals surface area contributed by atoms with Gasteiger partial charge in [0.15, 0.2) is 0 Å². The summed E-state index contributed by atoms with van der Waals surface area (Å²) < 4.78 is 5.20. The zero-order chi connectivity index (χ0) is 12.3. The van der Waals surface area contributed by atoms with Crippen LogP contribution in [0.5, 0.6) is 5.75 Å². The number of carbonyl (C=O) groups excluding carboxylic acids is 1. The molecule has 2 rings (SSSR count). The third-order valence-corrected chi connectivity index (χ3v) is 4.87. The Bertz CT molecular complexity index is 394. The molecule has 0 N–H and O–H groups in total. The number of nitrogens with zero attached hydrogens (tertiary/aromatic N) is 1. The largest absolute Gasteiger partial charge is 0.495 e. The number of hydrogen-bond acceptors (Lipinski definition) is 3. The number of halogens is 1. The van der Waals surface area contributed by atoms with Crippen molar-refractivity contribution in [1.82, 2.24) is 4.90 Å². The van der Waals surface area contributed by atoms with Crippen molar-refractivity contribution in [3.05, 3.63) is 16.3 Å². The maximum Gasteiger partial charge on any atom is 0.267 e. The first-order chi connectivity index (χ1) is 8.26. The molecule has 1 aliphatic rings. The molecule has 1 atom stereocenters. The number of likely N-dealkylation sites (tertiary alicyclic amines) is 1. The predicted molar refractivity (Wildman–Crippen MR) is 73.3 cm³/mol. The standard InChI is InChI=1S/C12H16BrNO2S/c1-16-10-4-6-17-11(10)12(15)14-5-2-3-9(7-13)8-14/h4,6,9H,2-3,5,7-8H2,1H3. The van der Waals surface area contributed by atoms with Gasteiger partial charge in [-0.3, -0.25) is 4.79 Å². The van der Waals surface area contributed by atoms with Crippen LogP contribution in [0.3, 0.4) is 0 Å². The fraction of sp³-hybridized carbons (Fsp3) is 0.583. The normalized spacial score (nSPS) is 20.4. The first kappa shape index (κ1) is 12.9. The van der Waals surface area contributed by atoms with Crippen molar-refractivity contribution < 1.29 is 9.53 Å². The topological polar surface area (TPSA) is 29.5 Å². The van der Waals surface area contributed by atoms with E-state index in [1.54, 1.807) is 7.11 Å². The highest BCUT2D eigenvalue weighted by atomic mass is 79.9. The number of carbonyl (C=O) groups is 1. The third-order valence-electron chi connectivity index (χ3n) is 3.07. The van der Waals surface area contributed by atoms with Gasteiger partial charge in [-0.05, 0) is 30.2 Å². The Morgan fingerprint density at radius 1 is 1.71 bits per heavy atom. The quantitative estimate of drug-likeness (QED) is 0.802. The van der Waals surface area contributed by atoms with Crippen LogP contribution in [0.25, 0.3) is 0 Å². The number of hydrogen-bond donors (Lipinski definition) is 0. The van der Waals surface area contributed by atoms with Gasteiger partial charge >= 0.3 is 0 Å². The van der Waals surface area contributed by atoms with Gasteiger partial charge in [-0.15, -0.1) is 11.3 Å². The molecule has 5 heteroatoms. The molecule has 0 aromatic carbocycles. The van der Waals surface area contributed by atoms with E-state index in [0.717, 1.165) is 29.7 Å². The molecule has 2 heterocycles. The van der Waals surface area contributed by atoms with Crippen LogP contribution in [0.4, 0.5) is 0 Å². The minimum Gasteiger partial charge on any atom is -0.495 e. The van der Waals surface area contributed by atoms with E-state index in [0.29, 0.717) is 11.7 Å². The monoisotopic (exact) mass is 317 g/mol. The van der Waals surface area contributed by atoms with Gasteiger partial charge < -0.3 is 9.64 Å². The van der Waals surface area contributed by atoms with Crippen molar-refractivity contribution in [2.45, 2.75) is 12.8 Å². The van der Waals surface area contributed by atoms with Gasteiger partial charge in [0, 0.05) is 18.4 Å². The molecule has 0 saturated carbocycles. The van der Waals surface area contributed by atoms with Crippen LogP contribution < -0.4 is 4.74 Å². The molecule has 0 bridgehead atoms. The van der Waals surface area contributed by atoms with Gasteiger partial charge in [0.25, 0.3) is 5.91 Å². The molecule has 0 spiro atoms. The molecule has 1 fully saturated rings. The van der Waals surface area contributed by atoms with E-state index >= 15 is 0 Å². The molecule has 3 nitrogen and oxygen atoms in total. The Balaban J connectivity index is 2.09. The Morgan fingerprint density at radius 2 is 2.53 bits per heavy atom. The fourth-order valence-electron chi connectivity index (χ4n) is 2.13. The lowest BCUT2D eigenvalue weighted by atomic mass is 10.00. The second-order valence-corrected chi connectivity index (χ2v) is 5.80. The first-order valence-corrected chi connectivity index (χ1v) is 7.73. The molecule has 1 aliphatic heterocycles. The molecule has 1 aromatic heterocycles. The van der Waals surface area contributed by atoms with Gasteiger partial charge in [0.1, 0.15) is 10.6 Å². The Kier molecular flexibility index (Phi) is 4.45. The number of methoxy groups -OCH3 is 1. The summed E-state index contributed by atoms with van der Waals surface area (Å²) in [5.41, 5.74) is 0. The molecule has 1 amide bonds. The second-order valence-electron chi connectivity index (χ2n) is 4.23. The summed E-state index contributed by atoms with van der Waals surface area (Å²) in [7, 11) is 1.61. The molecule has 94 valence electrons. The predicted octanol–water partition coefficient (Wildman–Crippen LogP) is 3.00. The average molecular weight is 318 g/mol. The summed E-state index contributed by atoms with van der Waals surface area (Å²) in [6.45, 7) is 1.72. The van der Waals surface area contributed by atoms with E-state index in [1.807, 2.05) is 16.3 Å². The Hall–Kier alpha value is -0.550. The summed E-state index contributed by atoms with van der Waals surface area (Å²) in [6.07, 6.45) is 2.30. The van der Waals surface area contributed by atoms with Crippen LogP contribution in [0.1, 0.15) is 22.5 Å². The van der Waals surface area contributed by atoms with Crippen molar-refractivity contribution in [1.29, 1.82) is 0 Å². The van der Waals surface area contributed by atoms with Crippen LogP contribution in [-0.4, -0.2) is 36.3 Å². The Morgan fingerprint density at radius 3 is 3.24 bits per heavy atom. The highest BCUT2D eigenvalue weighted by Gasteiger charge is 2.26. The van der Waals surface area contributed by atoms with E-state index in [9.17, 15) is 4.79 Å². The average Bonchev–Trinajstić information content (AvgIpc) is 2.86. The maximum absolute atomic E-state index is 12.3. The first-order valence-electron chi connectivity index (χ1n) is 5.73. The van der Waals surface area contributed by atoms with E-state index in [1.165, 1.54) is 17.8 Å². The SMILES string of the molecule is COc1ccsc1C(=O)N1CCCC(CBr)C1. The van der Waals surface area contributed by atoms with Gasteiger partial charge in [0.05, 0.1) is 7.11 Å². The minimum absolute atomic E-state index is 0.113. The van der Waals surface area contributed by atoms with E-state index < -0.39 is 0 Å². The van der Waals surface area contributed by atoms with Crippen molar-refractivity contribution in [3.8, 4) is 5.75 Å². The minimum atomic E-state index is 0.113. The molecule has 0 radical (unpaired) electrons. The van der Waals surface area contributed by atoms with Crippen LogP contribution in [0.15, 0.2) is 11.4 Å². The third kappa shape index (κ3) is 2.83. The summed E-state index contributed by atoms with van der Waals surface area (Å²) in [5, 5.41) is 2.87. The lowest BCUT2D eigenvalue weighted by molar-refractivity contribution is 0.0688. The van der Waals surface area contributed by atoms with Gasteiger partial charge in [-0.1, -0.05) is 15.9 Å². The number of rotatable bonds is 3. The number of thiophene rings is 1. The molecule has 1 unspecified atom stereocenters. The van der Waals surface area contributed by atoms with Crippen LogP contribution in [-0.2, 0) is 0 Å². The summed E-state index contributed by atoms with van der Waals surface area (Å²) in [5.74, 6) is 1.39. The van der Waals surface area contributed by atoms with Crippen molar-refractivity contribution in [3.63, 3.8) is 0 Å². The van der Waals surface area contributed by atoms with Crippen molar-refractivity contribution >= 4 is 33.2 Å². The zero-order valence-electron chi connectivity index (χ0n) is 9.82. The highest BCUT2D eigenvalue weighted by Crippen LogP contribution is 2.28. The Labute approximate surface area is 114 Å². The molecular formula is C12H16BrNO2S. The molecule has 0 aliphatic carbocycles. The summed E-state index contributed by atoms with van der Waals surface area (Å²) in [6, 6.07) is 1.85. The number of alkyl halides is 1. The zero-order valence-corrected chi connectivity index (χ0v) is 12.2. The molecular weight excluding hydrogens is 302 g/mol. The fourth-order valence-corrected chi connectivity index (χ4v) is 3.49. The second kappa shape index (κ2) is 5.87. The summed E-state index contributed by atoms with van der Waals surface area (Å²) in [4.78, 5) is 15.0. The van der Waals surface area contributed by atoms with E-state index in [-0.39, 0.29) is 5.91 Å². The van der Waals surface area contributed by atoms with Gasteiger partial charge in [-0.25, -0.2) is 0 Å². The highest BCUT2D eigenvalue weighted by molar-refractivity contribution is 9.09. The smallest absolute Gasteiger partial charge is 0.267 e. The van der Waals surface area contributed by atoms with Crippen LogP contribution in [0.2, 0.25) is 0 Å². The maximum atomic E-state index is 12.3. The number of amides is 1. The van der Waals surface area contributed by atoms with E-state index in [4.69, 9.17) is 4.74 Å².